The Hall–Kier alpha value is -3.67. The summed E-state index contributed by atoms with van der Waals surface area (Å²) in [6.07, 6.45) is 1.58. The Labute approximate surface area is 176 Å². The molecule has 154 valence electrons. The Morgan fingerprint density at radius 2 is 1.70 bits per heavy atom. The summed E-state index contributed by atoms with van der Waals surface area (Å²) in [6, 6.07) is 24.5. The molecule has 3 rings (SSSR count). The molecule has 0 aromatic heterocycles. The van der Waals surface area contributed by atoms with Crippen molar-refractivity contribution in [3.63, 3.8) is 0 Å². The summed E-state index contributed by atoms with van der Waals surface area (Å²) in [7, 11) is 0. The largest absolute Gasteiger partial charge is 0.374 e. The van der Waals surface area contributed by atoms with Crippen molar-refractivity contribution in [2.24, 2.45) is 5.10 Å². The molecule has 0 aliphatic rings. The molecule has 0 radical (unpaired) electrons. The van der Waals surface area contributed by atoms with Gasteiger partial charge >= 0.3 is 0 Å². The summed E-state index contributed by atoms with van der Waals surface area (Å²) in [5.41, 5.74) is 5.97. The van der Waals surface area contributed by atoms with Crippen molar-refractivity contribution in [2.75, 3.05) is 23.3 Å². The first-order valence-electron chi connectivity index (χ1n) is 9.85. The quantitative estimate of drug-likeness (QED) is 0.410. The fourth-order valence-electron chi connectivity index (χ4n) is 2.96. The third-order valence-corrected chi connectivity index (χ3v) is 4.57. The minimum absolute atomic E-state index is 0.0673. The third kappa shape index (κ3) is 6.17. The highest BCUT2D eigenvalue weighted by Crippen LogP contribution is 2.17. The Kier molecular flexibility index (Phi) is 7.55. The van der Waals surface area contributed by atoms with Gasteiger partial charge in [-0.3, -0.25) is 4.79 Å². The molecule has 6 heteroatoms. The lowest BCUT2D eigenvalue weighted by Crippen LogP contribution is -2.26. The number of halogens is 1. The smallest absolute Gasteiger partial charge is 0.259 e. The van der Waals surface area contributed by atoms with Gasteiger partial charge in [0.2, 0.25) is 0 Å². The van der Waals surface area contributed by atoms with E-state index in [0.29, 0.717) is 0 Å². The Morgan fingerprint density at radius 3 is 2.40 bits per heavy atom. The number of anilines is 2. The highest BCUT2D eigenvalue weighted by molar-refractivity contribution is 5.84. The third-order valence-electron chi connectivity index (χ3n) is 4.57. The van der Waals surface area contributed by atoms with E-state index < -0.39 is 5.82 Å². The molecule has 3 aromatic rings. The maximum atomic E-state index is 13.5. The first kappa shape index (κ1) is 21.0. The molecule has 0 fully saturated rings. The fourth-order valence-corrected chi connectivity index (χ4v) is 2.96. The molecule has 0 unspecified atom stereocenters. The van der Waals surface area contributed by atoms with Crippen LogP contribution >= 0.6 is 0 Å². The van der Waals surface area contributed by atoms with Gasteiger partial charge in [-0.1, -0.05) is 54.6 Å². The van der Waals surface area contributed by atoms with Crippen LogP contribution in [-0.4, -0.2) is 25.2 Å². The zero-order valence-electron chi connectivity index (χ0n) is 16.9. The molecule has 0 saturated carbocycles. The number of benzene rings is 3. The summed E-state index contributed by atoms with van der Waals surface area (Å²) in [4.78, 5) is 14.1. The van der Waals surface area contributed by atoms with E-state index >= 15 is 0 Å². The number of carbonyl (C=O) groups is 1. The monoisotopic (exact) mass is 404 g/mol. The van der Waals surface area contributed by atoms with Crippen LogP contribution in [0.25, 0.3) is 0 Å². The fraction of sp³-hybridized carbons (Fsp3) is 0.167. The molecule has 3 aromatic carbocycles. The van der Waals surface area contributed by atoms with E-state index in [-0.39, 0.29) is 18.1 Å². The molecule has 0 aliphatic carbocycles. The molecule has 0 saturated heterocycles. The average Bonchev–Trinajstić information content (AvgIpc) is 2.78. The van der Waals surface area contributed by atoms with Crippen LogP contribution in [-0.2, 0) is 11.3 Å². The van der Waals surface area contributed by atoms with Crippen molar-refractivity contribution in [2.45, 2.75) is 13.5 Å². The Bertz CT molecular complexity index is 974. The van der Waals surface area contributed by atoms with E-state index in [1.54, 1.807) is 24.4 Å². The number of amides is 1. The second-order valence-corrected chi connectivity index (χ2v) is 6.72. The highest BCUT2D eigenvalue weighted by Gasteiger charge is 2.05. The van der Waals surface area contributed by atoms with Crippen LogP contribution in [0.5, 0.6) is 0 Å². The molecule has 5 nitrogen and oxygen atoms in total. The number of para-hydroxylation sites is 1. The summed E-state index contributed by atoms with van der Waals surface area (Å²) in [5, 5.41) is 6.71. The number of hydrogen-bond donors (Lipinski definition) is 2. The van der Waals surface area contributed by atoms with Crippen LogP contribution in [0.2, 0.25) is 0 Å². The molecule has 30 heavy (non-hydrogen) atoms. The van der Waals surface area contributed by atoms with Crippen molar-refractivity contribution >= 4 is 23.5 Å². The molecule has 2 N–H and O–H groups in total. The normalized spacial score (nSPS) is 10.7. The summed E-state index contributed by atoms with van der Waals surface area (Å²) < 4.78 is 13.5. The lowest BCUT2D eigenvalue weighted by Gasteiger charge is -2.23. The van der Waals surface area contributed by atoms with Crippen molar-refractivity contribution in [1.29, 1.82) is 0 Å². The van der Waals surface area contributed by atoms with Gasteiger partial charge < -0.3 is 10.2 Å². The standard InChI is InChI=1S/C24H25FN4O/c1-2-29(18-20-8-4-3-5-9-20)21-14-12-19(13-15-21)16-27-28-24(30)17-26-23-11-7-6-10-22(23)25/h3-16,26H,2,17-18H2,1H3,(H,28,30). The predicted molar refractivity (Wildman–Crippen MR) is 120 cm³/mol. The number of hydrogen-bond acceptors (Lipinski definition) is 4. The Morgan fingerprint density at radius 1 is 1.00 bits per heavy atom. The van der Waals surface area contributed by atoms with Crippen LogP contribution < -0.4 is 15.6 Å². The number of hydrazone groups is 1. The number of nitrogens with one attached hydrogen (secondary N) is 2. The highest BCUT2D eigenvalue weighted by atomic mass is 19.1. The summed E-state index contributed by atoms with van der Waals surface area (Å²) in [5.74, 6) is -0.756. The van der Waals surface area contributed by atoms with Crippen LogP contribution in [0.1, 0.15) is 18.1 Å². The van der Waals surface area contributed by atoms with Crippen molar-refractivity contribution in [3.8, 4) is 0 Å². The molecule has 0 aliphatic heterocycles. The number of rotatable bonds is 9. The van der Waals surface area contributed by atoms with E-state index in [1.807, 2.05) is 42.5 Å². The van der Waals surface area contributed by atoms with Crippen molar-refractivity contribution in [3.05, 3.63) is 95.8 Å². The molecule has 0 bridgehead atoms. The summed E-state index contributed by atoms with van der Waals surface area (Å²) in [6.45, 7) is 3.80. The van der Waals surface area contributed by atoms with E-state index in [9.17, 15) is 9.18 Å². The first-order valence-corrected chi connectivity index (χ1v) is 9.85. The minimum atomic E-state index is -0.401. The average molecular weight is 404 g/mol. The van der Waals surface area contributed by atoms with Gasteiger partial charge in [-0.2, -0.15) is 5.10 Å². The van der Waals surface area contributed by atoms with Crippen LogP contribution in [0.3, 0.4) is 0 Å². The second-order valence-electron chi connectivity index (χ2n) is 6.72. The van der Waals surface area contributed by atoms with Crippen LogP contribution in [0, 0.1) is 5.82 Å². The van der Waals surface area contributed by atoms with Gasteiger partial charge in [0.1, 0.15) is 5.82 Å². The maximum absolute atomic E-state index is 13.5. The van der Waals surface area contributed by atoms with Gasteiger partial charge in [0, 0.05) is 18.8 Å². The molecular weight excluding hydrogens is 379 g/mol. The van der Waals surface area contributed by atoms with Gasteiger partial charge in [-0.15, -0.1) is 0 Å². The Balaban J connectivity index is 1.50. The molecule has 1 amide bonds. The van der Waals surface area contributed by atoms with E-state index in [2.05, 4.69) is 39.8 Å². The van der Waals surface area contributed by atoms with Gasteiger partial charge in [-0.05, 0) is 42.3 Å². The first-order chi connectivity index (χ1) is 14.7. The van der Waals surface area contributed by atoms with Crippen molar-refractivity contribution in [1.82, 2.24) is 5.43 Å². The molecule has 0 spiro atoms. The molecule has 0 atom stereocenters. The zero-order chi connectivity index (χ0) is 21.2. The second kappa shape index (κ2) is 10.8. The number of carbonyl (C=O) groups excluding carboxylic acids is 1. The van der Waals surface area contributed by atoms with Crippen molar-refractivity contribution < 1.29 is 9.18 Å². The van der Waals surface area contributed by atoms with E-state index in [1.165, 1.54) is 11.6 Å². The SMILES string of the molecule is CCN(Cc1ccccc1)c1ccc(C=NNC(=O)CNc2ccccc2F)cc1. The maximum Gasteiger partial charge on any atom is 0.259 e. The van der Waals surface area contributed by atoms with Crippen LogP contribution in [0.15, 0.2) is 84.0 Å². The van der Waals surface area contributed by atoms with Gasteiger partial charge in [-0.25, -0.2) is 9.82 Å². The van der Waals surface area contributed by atoms with Gasteiger partial charge in [0.25, 0.3) is 5.91 Å². The zero-order valence-corrected chi connectivity index (χ0v) is 16.9. The summed E-state index contributed by atoms with van der Waals surface area (Å²) >= 11 is 0. The van der Waals surface area contributed by atoms with E-state index in [0.717, 1.165) is 24.3 Å². The topological polar surface area (TPSA) is 56.7 Å². The van der Waals surface area contributed by atoms with Gasteiger partial charge in [0.15, 0.2) is 0 Å². The number of nitrogens with zero attached hydrogens (tertiary/aromatic N) is 2. The van der Waals surface area contributed by atoms with Gasteiger partial charge in [0.05, 0.1) is 18.4 Å². The van der Waals surface area contributed by atoms with E-state index in [4.69, 9.17) is 0 Å². The lowest BCUT2D eigenvalue weighted by atomic mass is 10.1. The van der Waals surface area contributed by atoms with Crippen LogP contribution in [0.4, 0.5) is 15.8 Å². The molecular formula is C24H25FN4O. The lowest BCUT2D eigenvalue weighted by molar-refractivity contribution is -0.119. The molecule has 0 heterocycles. The minimum Gasteiger partial charge on any atom is -0.374 e. The predicted octanol–water partition coefficient (Wildman–Crippen LogP) is 4.41.